The van der Waals surface area contributed by atoms with E-state index in [2.05, 4.69) is 20.5 Å². The van der Waals surface area contributed by atoms with E-state index in [-0.39, 0.29) is 5.91 Å². The van der Waals surface area contributed by atoms with Crippen LogP contribution in [0.15, 0.2) is 30.6 Å². The second-order valence-electron chi connectivity index (χ2n) is 3.08. The maximum absolute atomic E-state index is 10.8. The molecular formula is C10H10N4O. The summed E-state index contributed by atoms with van der Waals surface area (Å²) in [6.45, 7) is 1.45. The minimum atomic E-state index is -0.135. The van der Waals surface area contributed by atoms with Gasteiger partial charge in [-0.3, -0.25) is 9.89 Å². The number of carbonyl (C=O) groups excluding carboxylic acids is 1. The Kier molecular flexibility index (Phi) is 2.45. The van der Waals surface area contributed by atoms with Gasteiger partial charge in [0.05, 0.1) is 5.69 Å². The summed E-state index contributed by atoms with van der Waals surface area (Å²) in [5, 5.41) is 9.32. The summed E-state index contributed by atoms with van der Waals surface area (Å²) in [6.07, 6.45) is 3.31. The number of anilines is 1. The molecule has 2 N–H and O–H groups in total. The zero-order valence-corrected chi connectivity index (χ0v) is 8.19. The summed E-state index contributed by atoms with van der Waals surface area (Å²) in [5.41, 5.74) is 1.83. The van der Waals surface area contributed by atoms with Gasteiger partial charge in [0, 0.05) is 24.9 Å². The largest absolute Gasteiger partial charge is 0.311 e. The van der Waals surface area contributed by atoms with Gasteiger partial charge in [-0.05, 0) is 18.2 Å². The van der Waals surface area contributed by atoms with Gasteiger partial charge in [0.15, 0.2) is 0 Å². The molecule has 0 saturated heterocycles. The number of pyridine rings is 1. The van der Waals surface area contributed by atoms with E-state index < -0.39 is 0 Å². The Bertz CT molecular complexity index is 464. The number of hydrogen-bond acceptors (Lipinski definition) is 3. The van der Waals surface area contributed by atoms with E-state index in [0.29, 0.717) is 5.82 Å². The van der Waals surface area contributed by atoms with Crippen LogP contribution in [0.25, 0.3) is 11.3 Å². The van der Waals surface area contributed by atoms with E-state index in [4.69, 9.17) is 0 Å². The molecule has 0 aromatic carbocycles. The van der Waals surface area contributed by atoms with Crippen molar-refractivity contribution in [1.29, 1.82) is 0 Å². The molecule has 15 heavy (non-hydrogen) atoms. The van der Waals surface area contributed by atoms with Gasteiger partial charge in [-0.2, -0.15) is 5.10 Å². The topological polar surface area (TPSA) is 70.7 Å². The Morgan fingerprint density at radius 1 is 1.40 bits per heavy atom. The van der Waals surface area contributed by atoms with Crippen molar-refractivity contribution in [2.24, 2.45) is 0 Å². The summed E-state index contributed by atoms with van der Waals surface area (Å²) in [5.74, 6) is 0.402. The lowest BCUT2D eigenvalue weighted by atomic mass is 10.2. The minimum absolute atomic E-state index is 0.135. The molecule has 0 unspecified atom stereocenters. The zero-order valence-electron chi connectivity index (χ0n) is 8.19. The van der Waals surface area contributed by atoms with Crippen LogP contribution in [0.4, 0.5) is 5.82 Å². The van der Waals surface area contributed by atoms with E-state index in [0.717, 1.165) is 11.3 Å². The molecule has 0 spiro atoms. The Balaban J connectivity index is 2.31. The van der Waals surface area contributed by atoms with Gasteiger partial charge in [-0.25, -0.2) is 4.98 Å². The van der Waals surface area contributed by atoms with Crippen LogP contribution in [0.2, 0.25) is 0 Å². The summed E-state index contributed by atoms with van der Waals surface area (Å²) in [4.78, 5) is 14.9. The van der Waals surface area contributed by atoms with E-state index >= 15 is 0 Å². The second-order valence-corrected chi connectivity index (χ2v) is 3.08. The number of nitrogens with one attached hydrogen (secondary N) is 2. The quantitative estimate of drug-likeness (QED) is 0.773. The molecule has 0 bridgehead atoms. The van der Waals surface area contributed by atoms with Crippen LogP contribution in [0.3, 0.4) is 0 Å². The minimum Gasteiger partial charge on any atom is -0.311 e. The number of nitrogens with zero attached hydrogens (tertiary/aromatic N) is 2. The molecular weight excluding hydrogens is 192 g/mol. The fourth-order valence-corrected chi connectivity index (χ4v) is 1.26. The first-order chi connectivity index (χ1) is 7.25. The number of carbonyl (C=O) groups is 1. The molecule has 0 aliphatic rings. The van der Waals surface area contributed by atoms with Gasteiger partial charge in [-0.1, -0.05) is 0 Å². The van der Waals surface area contributed by atoms with Crippen molar-refractivity contribution in [2.75, 3.05) is 5.32 Å². The molecule has 0 radical (unpaired) electrons. The van der Waals surface area contributed by atoms with Crippen molar-refractivity contribution in [2.45, 2.75) is 6.92 Å². The van der Waals surface area contributed by atoms with E-state index in [1.165, 1.54) is 6.92 Å². The molecule has 76 valence electrons. The maximum Gasteiger partial charge on any atom is 0.222 e. The zero-order chi connectivity index (χ0) is 10.7. The van der Waals surface area contributed by atoms with Crippen molar-refractivity contribution in [3.8, 4) is 11.3 Å². The number of H-pyrrole nitrogens is 1. The number of aromatic amines is 1. The van der Waals surface area contributed by atoms with Crippen molar-refractivity contribution in [1.82, 2.24) is 15.2 Å². The number of rotatable bonds is 2. The Morgan fingerprint density at radius 3 is 2.93 bits per heavy atom. The molecule has 0 fully saturated rings. The van der Waals surface area contributed by atoms with Crippen molar-refractivity contribution in [3.05, 3.63) is 30.6 Å². The highest BCUT2D eigenvalue weighted by atomic mass is 16.1. The first-order valence-corrected chi connectivity index (χ1v) is 4.49. The molecule has 2 heterocycles. The maximum atomic E-state index is 10.8. The van der Waals surface area contributed by atoms with Gasteiger partial charge in [-0.15, -0.1) is 0 Å². The number of amides is 1. The van der Waals surface area contributed by atoms with Gasteiger partial charge >= 0.3 is 0 Å². The molecule has 2 rings (SSSR count). The molecule has 2 aromatic rings. The molecule has 0 aliphatic heterocycles. The second kappa shape index (κ2) is 3.91. The average Bonchev–Trinajstić information content (AvgIpc) is 2.69. The van der Waals surface area contributed by atoms with Crippen LogP contribution < -0.4 is 5.32 Å². The summed E-state index contributed by atoms with van der Waals surface area (Å²) in [6, 6.07) is 5.49. The van der Waals surface area contributed by atoms with Crippen molar-refractivity contribution >= 4 is 11.7 Å². The van der Waals surface area contributed by atoms with Crippen molar-refractivity contribution < 1.29 is 4.79 Å². The Labute approximate surface area is 86.5 Å². The fourth-order valence-electron chi connectivity index (χ4n) is 1.26. The molecule has 2 aromatic heterocycles. The average molecular weight is 202 g/mol. The summed E-state index contributed by atoms with van der Waals surface area (Å²) >= 11 is 0. The van der Waals surface area contributed by atoms with Crippen LogP contribution in [0, 0.1) is 0 Å². The standard InChI is InChI=1S/C10H10N4O/c1-7(15)13-10-6-8(2-4-11-10)9-3-5-12-14-9/h2-6H,1H3,(H,12,14)(H,11,13,15). The van der Waals surface area contributed by atoms with Gasteiger partial charge in [0.25, 0.3) is 0 Å². The molecule has 0 saturated carbocycles. The number of aromatic nitrogens is 3. The predicted molar refractivity (Wildman–Crippen MR) is 56.1 cm³/mol. The first kappa shape index (κ1) is 9.39. The molecule has 1 amide bonds. The lowest BCUT2D eigenvalue weighted by Gasteiger charge is -2.02. The van der Waals surface area contributed by atoms with Gasteiger partial charge < -0.3 is 5.32 Å². The van der Waals surface area contributed by atoms with Crippen LogP contribution >= 0.6 is 0 Å². The number of hydrogen-bond donors (Lipinski definition) is 2. The molecule has 5 heteroatoms. The van der Waals surface area contributed by atoms with Gasteiger partial charge in [0.1, 0.15) is 5.82 Å². The predicted octanol–water partition coefficient (Wildman–Crippen LogP) is 1.43. The third-order valence-corrected chi connectivity index (χ3v) is 1.88. The van der Waals surface area contributed by atoms with Crippen LogP contribution in [-0.4, -0.2) is 21.1 Å². The molecule has 5 nitrogen and oxygen atoms in total. The lowest BCUT2D eigenvalue weighted by molar-refractivity contribution is -0.114. The molecule has 0 atom stereocenters. The first-order valence-electron chi connectivity index (χ1n) is 4.49. The molecule has 0 aliphatic carbocycles. The van der Waals surface area contributed by atoms with Gasteiger partial charge in [0.2, 0.25) is 5.91 Å². The third-order valence-electron chi connectivity index (χ3n) is 1.88. The van der Waals surface area contributed by atoms with E-state index in [1.807, 2.05) is 12.1 Å². The lowest BCUT2D eigenvalue weighted by Crippen LogP contribution is -2.07. The normalized spacial score (nSPS) is 9.93. The fraction of sp³-hybridized carbons (Fsp3) is 0.100. The summed E-state index contributed by atoms with van der Waals surface area (Å²) in [7, 11) is 0. The van der Waals surface area contributed by atoms with Crippen LogP contribution in [0.5, 0.6) is 0 Å². The summed E-state index contributed by atoms with van der Waals surface area (Å²) < 4.78 is 0. The highest BCUT2D eigenvalue weighted by molar-refractivity contribution is 5.88. The SMILES string of the molecule is CC(=O)Nc1cc(-c2ccn[nH]2)ccn1. The van der Waals surface area contributed by atoms with Crippen LogP contribution in [-0.2, 0) is 4.79 Å². The van der Waals surface area contributed by atoms with Crippen LogP contribution in [0.1, 0.15) is 6.92 Å². The monoisotopic (exact) mass is 202 g/mol. The van der Waals surface area contributed by atoms with E-state index in [9.17, 15) is 4.79 Å². The van der Waals surface area contributed by atoms with E-state index in [1.54, 1.807) is 18.5 Å². The van der Waals surface area contributed by atoms with Crippen molar-refractivity contribution in [3.63, 3.8) is 0 Å². The Hall–Kier alpha value is -2.17. The highest BCUT2D eigenvalue weighted by Gasteiger charge is 2.01. The third kappa shape index (κ3) is 2.19. The Morgan fingerprint density at radius 2 is 2.27 bits per heavy atom. The highest BCUT2D eigenvalue weighted by Crippen LogP contribution is 2.17. The smallest absolute Gasteiger partial charge is 0.222 e.